The minimum atomic E-state index is 0.161. The summed E-state index contributed by atoms with van der Waals surface area (Å²) in [6.45, 7) is 4.58. The summed E-state index contributed by atoms with van der Waals surface area (Å²) in [7, 11) is 0. The maximum absolute atomic E-state index is 14.6. The molecule has 2 atom stereocenters. The van der Waals surface area contributed by atoms with Crippen molar-refractivity contribution >= 4 is 29.3 Å². The molecule has 0 aliphatic carbocycles. The second kappa shape index (κ2) is 29.5. The van der Waals surface area contributed by atoms with E-state index in [0.29, 0.717) is 10.5 Å². The minimum absolute atomic E-state index is 0.161. The summed E-state index contributed by atoms with van der Waals surface area (Å²) in [5.41, 5.74) is 6.75. The van der Waals surface area contributed by atoms with E-state index in [-0.39, 0.29) is 5.78 Å². The number of carbonyl (C=O) groups is 1. The lowest BCUT2D eigenvalue weighted by atomic mass is 9.90. The molecule has 4 aromatic carbocycles. The molecule has 3 heteroatoms. The third-order valence-electron chi connectivity index (χ3n) is 11.3. The van der Waals surface area contributed by atoms with Gasteiger partial charge in [-0.3, -0.25) is 4.79 Å². The van der Waals surface area contributed by atoms with E-state index in [1.807, 2.05) is 12.1 Å². The van der Waals surface area contributed by atoms with Crippen LogP contribution in [0.25, 0.3) is 0 Å². The zero-order chi connectivity index (χ0) is 39.3. The molecule has 0 fully saturated rings. The van der Waals surface area contributed by atoms with E-state index < -0.39 is 0 Å². The molecule has 0 amide bonds. The fraction of sp³-hybridized carbons (Fsp3) is 0.528. The van der Waals surface area contributed by atoms with Crippen LogP contribution >= 0.6 is 23.5 Å². The molecule has 304 valence electrons. The number of benzene rings is 4. The van der Waals surface area contributed by atoms with Crippen molar-refractivity contribution in [3.63, 3.8) is 0 Å². The van der Waals surface area contributed by atoms with Crippen molar-refractivity contribution in [2.75, 3.05) is 11.5 Å². The van der Waals surface area contributed by atoms with Gasteiger partial charge in [0.1, 0.15) is 0 Å². The lowest BCUT2D eigenvalue weighted by Gasteiger charge is -2.21. The molecular formula is C53H74OS2. The summed E-state index contributed by atoms with van der Waals surface area (Å²) < 4.78 is 0. The molecule has 0 aliphatic heterocycles. The van der Waals surface area contributed by atoms with Gasteiger partial charge in [-0.05, 0) is 59.4 Å². The van der Waals surface area contributed by atoms with E-state index in [1.165, 1.54) is 140 Å². The van der Waals surface area contributed by atoms with E-state index >= 15 is 0 Å². The van der Waals surface area contributed by atoms with Crippen LogP contribution in [0.3, 0.4) is 0 Å². The van der Waals surface area contributed by atoms with E-state index in [9.17, 15) is 4.79 Å². The van der Waals surface area contributed by atoms with Crippen molar-refractivity contribution < 1.29 is 4.79 Å². The highest BCUT2D eigenvalue weighted by molar-refractivity contribution is 7.99. The highest BCUT2D eigenvalue weighted by Crippen LogP contribution is 2.37. The van der Waals surface area contributed by atoms with E-state index in [1.54, 1.807) is 0 Å². The van der Waals surface area contributed by atoms with Crippen molar-refractivity contribution in [1.29, 1.82) is 0 Å². The summed E-state index contributed by atoms with van der Waals surface area (Å²) in [6, 6.07) is 38.8. The van der Waals surface area contributed by atoms with E-state index in [4.69, 9.17) is 0 Å². The van der Waals surface area contributed by atoms with Gasteiger partial charge in [0.25, 0.3) is 0 Å². The van der Waals surface area contributed by atoms with Gasteiger partial charge in [-0.15, -0.1) is 0 Å². The Kier molecular flexibility index (Phi) is 24.2. The molecule has 0 aliphatic rings. The molecule has 0 saturated heterocycles. The number of rotatable bonds is 32. The van der Waals surface area contributed by atoms with Gasteiger partial charge in [0.2, 0.25) is 0 Å². The zero-order valence-corrected chi connectivity index (χ0v) is 36.9. The lowest BCUT2D eigenvalue weighted by molar-refractivity contribution is 0.103. The van der Waals surface area contributed by atoms with Gasteiger partial charge in [0.15, 0.2) is 5.78 Å². The van der Waals surface area contributed by atoms with E-state index in [2.05, 4.69) is 134 Å². The van der Waals surface area contributed by atoms with Crippen LogP contribution < -0.4 is 0 Å². The quantitative estimate of drug-likeness (QED) is 0.0362. The zero-order valence-electron chi connectivity index (χ0n) is 35.2. The topological polar surface area (TPSA) is 17.1 Å². The predicted octanol–water partition coefficient (Wildman–Crippen LogP) is 16.8. The summed E-state index contributed by atoms with van der Waals surface area (Å²) in [5.74, 6) is 2.48. The SMILES string of the molecule is CCCCCCCCCCCCSC(Cc1ccccc1C(=O)c1ccccc1CC(SCCCCCCCCCCCC)c1ccccc1)c1ccccc1. The largest absolute Gasteiger partial charge is 0.289 e. The van der Waals surface area contributed by atoms with Gasteiger partial charge < -0.3 is 0 Å². The van der Waals surface area contributed by atoms with Crippen LogP contribution in [-0.2, 0) is 12.8 Å². The molecule has 4 aromatic rings. The third kappa shape index (κ3) is 17.8. The van der Waals surface area contributed by atoms with Crippen molar-refractivity contribution in [2.24, 2.45) is 0 Å². The van der Waals surface area contributed by atoms with Gasteiger partial charge in [-0.1, -0.05) is 239 Å². The van der Waals surface area contributed by atoms with E-state index in [0.717, 1.165) is 46.6 Å². The highest BCUT2D eigenvalue weighted by atomic mass is 32.2. The molecule has 56 heavy (non-hydrogen) atoms. The van der Waals surface area contributed by atoms with Crippen LogP contribution in [-0.4, -0.2) is 17.3 Å². The van der Waals surface area contributed by atoms with Gasteiger partial charge in [-0.2, -0.15) is 23.5 Å². The molecular weight excluding hydrogens is 717 g/mol. The molecule has 0 heterocycles. The fourth-order valence-electron chi connectivity index (χ4n) is 7.90. The Balaban J connectivity index is 1.37. The number of hydrogen-bond donors (Lipinski definition) is 0. The molecule has 1 nitrogen and oxygen atoms in total. The van der Waals surface area contributed by atoms with Gasteiger partial charge >= 0.3 is 0 Å². The monoisotopic (exact) mass is 791 g/mol. The van der Waals surface area contributed by atoms with Crippen LogP contribution in [0.1, 0.15) is 191 Å². The first-order chi connectivity index (χ1) is 27.7. The Labute approximate surface area is 352 Å². The maximum Gasteiger partial charge on any atom is 0.193 e. The van der Waals surface area contributed by atoms with Crippen molar-refractivity contribution in [3.05, 3.63) is 143 Å². The number of carbonyl (C=O) groups excluding carboxylic acids is 1. The molecule has 0 N–H and O–H groups in total. The highest BCUT2D eigenvalue weighted by Gasteiger charge is 2.22. The van der Waals surface area contributed by atoms with Crippen molar-refractivity contribution in [2.45, 2.75) is 166 Å². The van der Waals surface area contributed by atoms with Gasteiger partial charge in [0, 0.05) is 21.6 Å². The van der Waals surface area contributed by atoms with Crippen LogP contribution in [0.2, 0.25) is 0 Å². The first-order valence-corrected chi connectivity index (χ1v) is 24.8. The molecule has 0 spiro atoms. The number of unbranched alkanes of at least 4 members (excludes halogenated alkanes) is 18. The van der Waals surface area contributed by atoms with Crippen molar-refractivity contribution in [1.82, 2.24) is 0 Å². The summed E-state index contributed by atoms with van der Waals surface area (Å²) in [6.07, 6.45) is 29.0. The lowest BCUT2D eigenvalue weighted by Crippen LogP contribution is -2.12. The Morgan fingerprint density at radius 2 is 0.696 bits per heavy atom. The van der Waals surface area contributed by atoms with Crippen LogP contribution in [0.15, 0.2) is 109 Å². The molecule has 4 rings (SSSR count). The molecule has 0 radical (unpaired) electrons. The van der Waals surface area contributed by atoms with Crippen LogP contribution in [0.4, 0.5) is 0 Å². The predicted molar refractivity (Wildman–Crippen MR) is 251 cm³/mol. The van der Waals surface area contributed by atoms with Crippen molar-refractivity contribution in [3.8, 4) is 0 Å². The van der Waals surface area contributed by atoms with Gasteiger partial charge in [0.05, 0.1) is 0 Å². The second-order valence-electron chi connectivity index (χ2n) is 16.0. The maximum atomic E-state index is 14.6. The normalized spacial score (nSPS) is 12.5. The standard InChI is InChI=1S/C53H74OS2/c1-3-5-7-9-11-13-15-17-19-31-41-55-51(45-33-23-21-24-34-45)43-47-37-27-29-39-49(47)53(54)50-40-30-28-38-48(50)44-52(46-35-25-22-26-36-46)56-42-32-20-18-16-14-12-10-8-6-4-2/h21-30,33-40,51-52H,3-20,31-32,41-44H2,1-2H3. The Morgan fingerprint density at radius 1 is 0.393 bits per heavy atom. The van der Waals surface area contributed by atoms with Gasteiger partial charge in [-0.25, -0.2) is 0 Å². The second-order valence-corrected chi connectivity index (χ2v) is 18.6. The fourth-order valence-corrected chi connectivity index (χ4v) is 10.5. The third-order valence-corrected chi connectivity index (χ3v) is 14.0. The minimum Gasteiger partial charge on any atom is -0.289 e. The summed E-state index contributed by atoms with van der Waals surface area (Å²) >= 11 is 4.15. The number of ketones is 1. The smallest absolute Gasteiger partial charge is 0.193 e. The molecule has 0 saturated carbocycles. The molecule has 2 unspecified atom stereocenters. The van der Waals surface area contributed by atoms with Crippen LogP contribution in [0, 0.1) is 0 Å². The first-order valence-electron chi connectivity index (χ1n) is 22.7. The Hall–Kier alpha value is -2.75. The molecule has 0 aromatic heterocycles. The summed E-state index contributed by atoms with van der Waals surface area (Å²) in [4.78, 5) is 14.6. The Morgan fingerprint density at radius 3 is 1.05 bits per heavy atom. The average Bonchev–Trinajstić information content (AvgIpc) is 3.24. The summed E-state index contributed by atoms with van der Waals surface area (Å²) in [5, 5.41) is 0.646. The first kappa shape index (κ1) is 45.9. The number of thioether (sulfide) groups is 2. The number of hydrogen-bond acceptors (Lipinski definition) is 3. The Bertz CT molecular complexity index is 1450. The molecule has 0 bridgehead atoms. The average molecular weight is 791 g/mol. The van der Waals surface area contributed by atoms with Crippen LogP contribution in [0.5, 0.6) is 0 Å².